The van der Waals surface area contributed by atoms with E-state index in [1.54, 1.807) is 0 Å². The Kier molecular flexibility index (Phi) is 4.83. The second-order valence-corrected chi connectivity index (χ2v) is 8.28. The molecule has 0 unspecified atom stereocenters. The number of rotatable bonds is 3. The Morgan fingerprint density at radius 2 is 1.69 bits per heavy atom. The molecule has 3 aromatic carbocycles. The number of ether oxygens (including phenoxy) is 1. The second-order valence-electron chi connectivity index (χ2n) is 8.28. The van der Waals surface area contributed by atoms with Crippen molar-refractivity contribution >= 4 is 27.6 Å². The molecule has 29 heavy (non-hydrogen) atoms. The average molecular weight is 383 g/mol. The van der Waals surface area contributed by atoms with E-state index in [0.29, 0.717) is 12.2 Å². The maximum atomic E-state index is 12.8. The Labute approximate surface area is 171 Å². The van der Waals surface area contributed by atoms with Gasteiger partial charge in [-0.3, -0.25) is 0 Å². The highest BCUT2D eigenvalue weighted by molar-refractivity contribution is 6.16. The number of hydrogen-bond acceptors (Lipinski definition) is 3. The van der Waals surface area contributed by atoms with Gasteiger partial charge in [0, 0.05) is 10.9 Å². The lowest BCUT2D eigenvalue weighted by Crippen LogP contribution is -2.10. The number of benzene rings is 3. The first-order valence-electron chi connectivity index (χ1n) is 9.99. The molecule has 0 amide bonds. The van der Waals surface area contributed by atoms with Crippen LogP contribution in [-0.2, 0) is 10.2 Å². The van der Waals surface area contributed by atoms with Gasteiger partial charge in [0.25, 0.3) is 0 Å². The van der Waals surface area contributed by atoms with E-state index in [-0.39, 0.29) is 11.4 Å². The summed E-state index contributed by atoms with van der Waals surface area (Å²) >= 11 is 0. The number of pyridine rings is 1. The van der Waals surface area contributed by atoms with Crippen LogP contribution in [-0.4, -0.2) is 17.6 Å². The van der Waals surface area contributed by atoms with Crippen LogP contribution < -0.4 is 0 Å². The van der Waals surface area contributed by atoms with Crippen LogP contribution in [0.2, 0.25) is 0 Å². The predicted octanol–water partition coefficient (Wildman–Crippen LogP) is 6.53. The van der Waals surface area contributed by atoms with Crippen molar-refractivity contribution in [2.24, 2.45) is 0 Å². The standard InChI is InChI=1S/C26H25NO2/c1-5-29-25(28)21-16-23(18-10-13-19(14-11-18)26(2,3)4)27-22-15-12-17-8-6-7-9-20(17)24(21)22/h6-16H,5H2,1-4H3. The summed E-state index contributed by atoms with van der Waals surface area (Å²) < 4.78 is 5.37. The molecule has 0 aliphatic carbocycles. The van der Waals surface area contributed by atoms with Gasteiger partial charge in [0.1, 0.15) is 0 Å². The molecule has 1 heterocycles. The maximum absolute atomic E-state index is 12.8. The molecule has 0 fully saturated rings. The lowest BCUT2D eigenvalue weighted by Gasteiger charge is -2.19. The van der Waals surface area contributed by atoms with Crippen molar-refractivity contribution in [1.29, 1.82) is 0 Å². The molecule has 0 bridgehead atoms. The van der Waals surface area contributed by atoms with Gasteiger partial charge in [-0.25, -0.2) is 9.78 Å². The third-order valence-corrected chi connectivity index (χ3v) is 5.24. The molecule has 0 N–H and O–H groups in total. The highest BCUT2D eigenvalue weighted by atomic mass is 16.5. The Morgan fingerprint density at radius 3 is 2.38 bits per heavy atom. The van der Waals surface area contributed by atoms with E-state index in [0.717, 1.165) is 32.9 Å². The topological polar surface area (TPSA) is 39.2 Å². The van der Waals surface area contributed by atoms with Gasteiger partial charge in [-0.2, -0.15) is 0 Å². The Balaban J connectivity index is 1.95. The van der Waals surface area contributed by atoms with Crippen molar-refractivity contribution in [3.8, 4) is 11.3 Å². The number of aromatic nitrogens is 1. The quantitative estimate of drug-likeness (QED) is 0.298. The molecule has 146 valence electrons. The summed E-state index contributed by atoms with van der Waals surface area (Å²) in [4.78, 5) is 17.7. The minimum absolute atomic E-state index is 0.0876. The normalized spacial score (nSPS) is 11.7. The monoisotopic (exact) mass is 383 g/mol. The number of nitrogens with zero attached hydrogens (tertiary/aromatic N) is 1. The summed E-state index contributed by atoms with van der Waals surface area (Å²) in [6, 6.07) is 22.3. The fourth-order valence-electron chi connectivity index (χ4n) is 3.67. The van der Waals surface area contributed by atoms with Crippen molar-refractivity contribution in [2.75, 3.05) is 6.61 Å². The third-order valence-electron chi connectivity index (χ3n) is 5.24. The highest BCUT2D eigenvalue weighted by Crippen LogP contribution is 2.32. The van der Waals surface area contributed by atoms with E-state index in [1.165, 1.54) is 5.56 Å². The molecule has 4 rings (SSSR count). The summed E-state index contributed by atoms with van der Waals surface area (Å²) in [5, 5.41) is 2.93. The molecule has 3 heteroatoms. The van der Waals surface area contributed by atoms with E-state index in [4.69, 9.17) is 9.72 Å². The third kappa shape index (κ3) is 3.61. The van der Waals surface area contributed by atoms with Crippen LogP contribution >= 0.6 is 0 Å². The van der Waals surface area contributed by atoms with Gasteiger partial charge in [0.2, 0.25) is 0 Å². The van der Waals surface area contributed by atoms with Gasteiger partial charge in [-0.15, -0.1) is 0 Å². The van der Waals surface area contributed by atoms with Crippen LogP contribution in [0.3, 0.4) is 0 Å². The van der Waals surface area contributed by atoms with E-state index < -0.39 is 0 Å². The first-order valence-corrected chi connectivity index (χ1v) is 9.99. The van der Waals surface area contributed by atoms with Crippen LogP contribution in [0, 0.1) is 0 Å². The molecular formula is C26H25NO2. The second kappa shape index (κ2) is 7.32. The summed E-state index contributed by atoms with van der Waals surface area (Å²) in [6.45, 7) is 8.75. The molecular weight excluding hydrogens is 358 g/mol. The fraction of sp³-hybridized carbons (Fsp3) is 0.231. The lowest BCUT2D eigenvalue weighted by atomic mass is 9.86. The molecule has 4 aromatic rings. The Bertz CT molecular complexity index is 1200. The first-order chi connectivity index (χ1) is 13.9. The molecule has 0 spiro atoms. The van der Waals surface area contributed by atoms with Gasteiger partial charge in [0.15, 0.2) is 0 Å². The zero-order valence-electron chi connectivity index (χ0n) is 17.3. The van der Waals surface area contributed by atoms with E-state index in [9.17, 15) is 4.79 Å². The van der Waals surface area contributed by atoms with Crippen LogP contribution in [0.5, 0.6) is 0 Å². The molecule has 3 nitrogen and oxygen atoms in total. The van der Waals surface area contributed by atoms with E-state index in [2.05, 4.69) is 45.0 Å². The van der Waals surface area contributed by atoms with Crippen LogP contribution in [0.25, 0.3) is 32.9 Å². The molecule has 0 atom stereocenters. The van der Waals surface area contributed by atoms with Crippen LogP contribution in [0.4, 0.5) is 0 Å². The number of carbonyl (C=O) groups is 1. The minimum Gasteiger partial charge on any atom is -0.462 e. The molecule has 0 aliphatic rings. The van der Waals surface area contributed by atoms with Crippen molar-refractivity contribution in [2.45, 2.75) is 33.1 Å². The van der Waals surface area contributed by atoms with E-state index in [1.807, 2.05) is 49.4 Å². The SMILES string of the molecule is CCOC(=O)c1cc(-c2ccc(C(C)(C)C)cc2)nc2ccc3ccccc3c12. The van der Waals surface area contributed by atoms with Gasteiger partial charge >= 0.3 is 5.97 Å². The average Bonchev–Trinajstić information content (AvgIpc) is 2.72. The molecule has 0 saturated carbocycles. The van der Waals surface area contributed by atoms with Gasteiger partial charge in [0.05, 0.1) is 23.4 Å². The lowest BCUT2D eigenvalue weighted by molar-refractivity contribution is 0.0528. The predicted molar refractivity (Wildman–Crippen MR) is 119 cm³/mol. The van der Waals surface area contributed by atoms with Crippen molar-refractivity contribution in [1.82, 2.24) is 4.98 Å². The summed E-state index contributed by atoms with van der Waals surface area (Å²) in [6.07, 6.45) is 0. The number of hydrogen-bond donors (Lipinski definition) is 0. The van der Waals surface area contributed by atoms with Gasteiger partial charge in [-0.05, 0) is 40.8 Å². The summed E-state index contributed by atoms with van der Waals surface area (Å²) in [5.74, 6) is -0.316. The number of carbonyl (C=O) groups excluding carboxylic acids is 1. The minimum atomic E-state index is -0.316. The van der Waals surface area contributed by atoms with Crippen molar-refractivity contribution < 1.29 is 9.53 Å². The summed E-state index contributed by atoms with van der Waals surface area (Å²) in [5.41, 5.74) is 4.46. The smallest absolute Gasteiger partial charge is 0.338 e. The number of fused-ring (bicyclic) bond motifs is 3. The number of esters is 1. The fourth-order valence-corrected chi connectivity index (χ4v) is 3.67. The Hall–Kier alpha value is -3.20. The van der Waals surface area contributed by atoms with Gasteiger partial charge in [-0.1, -0.05) is 75.4 Å². The largest absolute Gasteiger partial charge is 0.462 e. The first kappa shape index (κ1) is 19.1. The van der Waals surface area contributed by atoms with E-state index >= 15 is 0 Å². The Morgan fingerprint density at radius 1 is 0.966 bits per heavy atom. The van der Waals surface area contributed by atoms with Crippen molar-refractivity contribution in [3.05, 3.63) is 77.9 Å². The highest BCUT2D eigenvalue weighted by Gasteiger charge is 2.18. The molecule has 1 aromatic heterocycles. The van der Waals surface area contributed by atoms with Crippen LogP contribution in [0.15, 0.2) is 66.7 Å². The zero-order valence-corrected chi connectivity index (χ0v) is 17.3. The van der Waals surface area contributed by atoms with Gasteiger partial charge < -0.3 is 4.74 Å². The van der Waals surface area contributed by atoms with Crippen LogP contribution in [0.1, 0.15) is 43.6 Å². The maximum Gasteiger partial charge on any atom is 0.338 e. The molecule has 0 radical (unpaired) electrons. The van der Waals surface area contributed by atoms with Crippen molar-refractivity contribution in [3.63, 3.8) is 0 Å². The zero-order chi connectivity index (χ0) is 20.6. The molecule has 0 aliphatic heterocycles. The molecule has 0 saturated heterocycles. The summed E-state index contributed by atoms with van der Waals surface area (Å²) in [7, 11) is 0.